The molecule has 0 spiro atoms. The molecule has 128 valence electrons. The number of hydrogen-bond donors (Lipinski definition) is 3. The summed E-state index contributed by atoms with van der Waals surface area (Å²) in [5.41, 5.74) is 2.93. The second kappa shape index (κ2) is 6.66. The van der Waals surface area contributed by atoms with Gasteiger partial charge in [-0.05, 0) is 31.4 Å². The molecule has 2 rings (SSSR count). The Hall–Kier alpha value is -1.96. The number of benzene rings is 1. The number of ether oxygens (including phenoxy) is 1. The summed E-state index contributed by atoms with van der Waals surface area (Å²) in [5, 5.41) is 13.8. The van der Waals surface area contributed by atoms with Crippen LogP contribution in [0.3, 0.4) is 0 Å². The third-order valence-corrected chi connectivity index (χ3v) is 3.86. The zero-order chi connectivity index (χ0) is 17.2. The van der Waals surface area contributed by atoms with Gasteiger partial charge in [0.15, 0.2) is 6.10 Å². The molecule has 3 N–H and O–H groups in total. The minimum absolute atomic E-state index is 0.276. The number of aliphatic hydroxyl groups excluding tert-OH is 1. The first-order valence-corrected chi connectivity index (χ1v) is 7.22. The molecule has 0 aromatic heterocycles. The van der Waals surface area contributed by atoms with E-state index in [1.807, 2.05) is 26.0 Å². The standard InChI is InChI=1S/C15H19F3N2O3/c1-8-3-4-10-11(7-23-13(10)9(8)2)20-14(22)19-6-5-12(21)15(16,17)18/h3-4,11-12,21H,5-7H2,1-2H3,(H2,19,20,22)/t11-,12+/m1/s1. The summed E-state index contributed by atoms with van der Waals surface area (Å²) in [6.45, 7) is 3.88. The number of fused-ring (bicyclic) bond motifs is 1. The minimum atomic E-state index is -4.67. The lowest BCUT2D eigenvalue weighted by molar-refractivity contribution is -0.204. The van der Waals surface area contributed by atoms with E-state index in [9.17, 15) is 18.0 Å². The van der Waals surface area contributed by atoms with Gasteiger partial charge in [0.05, 0.1) is 6.04 Å². The Morgan fingerprint density at radius 2 is 2.13 bits per heavy atom. The highest BCUT2D eigenvalue weighted by molar-refractivity contribution is 5.74. The first-order chi connectivity index (χ1) is 10.7. The van der Waals surface area contributed by atoms with E-state index in [1.165, 1.54) is 0 Å². The molecule has 0 bridgehead atoms. The summed E-state index contributed by atoms with van der Waals surface area (Å²) in [6.07, 6.45) is -7.71. The quantitative estimate of drug-likeness (QED) is 0.793. The molecule has 0 radical (unpaired) electrons. The summed E-state index contributed by atoms with van der Waals surface area (Å²) in [6, 6.07) is 2.84. The number of nitrogens with one attached hydrogen (secondary N) is 2. The second-order valence-corrected chi connectivity index (χ2v) is 5.54. The van der Waals surface area contributed by atoms with E-state index < -0.39 is 24.7 Å². The predicted octanol–water partition coefficient (Wildman–Crippen LogP) is 2.35. The van der Waals surface area contributed by atoms with Gasteiger partial charge >= 0.3 is 12.2 Å². The molecule has 1 aromatic carbocycles. The lowest BCUT2D eigenvalue weighted by atomic mass is 10.0. The number of halogens is 3. The van der Waals surface area contributed by atoms with E-state index in [1.54, 1.807) is 0 Å². The van der Waals surface area contributed by atoms with Crippen molar-refractivity contribution in [3.63, 3.8) is 0 Å². The molecule has 1 heterocycles. The highest BCUT2D eigenvalue weighted by Crippen LogP contribution is 2.36. The van der Waals surface area contributed by atoms with Gasteiger partial charge in [-0.15, -0.1) is 0 Å². The topological polar surface area (TPSA) is 70.6 Å². The van der Waals surface area contributed by atoms with Crippen LogP contribution >= 0.6 is 0 Å². The van der Waals surface area contributed by atoms with Crippen LogP contribution in [0.2, 0.25) is 0 Å². The van der Waals surface area contributed by atoms with Gasteiger partial charge in [-0.2, -0.15) is 13.2 Å². The Kier molecular flexibility index (Phi) is 5.03. The summed E-state index contributed by atoms with van der Waals surface area (Å²) in [5.74, 6) is 0.739. The molecular weight excluding hydrogens is 313 g/mol. The van der Waals surface area contributed by atoms with E-state index in [0.29, 0.717) is 0 Å². The number of hydrogen-bond acceptors (Lipinski definition) is 3. The molecule has 1 aliphatic heterocycles. The fraction of sp³-hybridized carbons (Fsp3) is 0.533. The Morgan fingerprint density at radius 3 is 2.78 bits per heavy atom. The van der Waals surface area contributed by atoms with Crippen molar-refractivity contribution in [3.05, 3.63) is 28.8 Å². The molecule has 8 heteroatoms. The Morgan fingerprint density at radius 1 is 1.43 bits per heavy atom. The number of aliphatic hydroxyl groups is 1. The van der Waals surface area contributed by atoms with Crippen molar-refractivity contribution >= 4 is 6.03 Å². The molecule has 0 aliphatic carbocycles. The van der Waals surface area contributed by atoms with Crippen molar-refractivity contribution in [2.45, 2.75) is 38.6 Å². The molecule has 0 saturated carbocycles. The largest absolute Gasteiger partial charge is 0.490 e. The molecule has 2 amide bonds. The van der Waals surface area contributed by atoms with Crippen LogP contribution in [0.15, 0.2) is 12.1 Å². The highest BCUT2D eigenvalue weighted by Gasteiger charge is 2.37. The van der Waals surface area contributed by atoms with Crippen LogP contribution in [-0.2, 0) is 0 Å². The van der Waals surface area contributed by atoms with E-state index in [0.717, 1.165) is 22.4 Å². The lowest BCUT2D eigenvalue weighted by Crippen LogP contribution is -2.41. The predicted molar refractivity (Wildman–Crippen MR) is 77.4 cm³/mol. The molecule has 0 fully saturated rings. The Balaban J connectivity index is 1.86. The first-order valence-electron chi connectivity index (χ1n) is 7.22. The maximum Gasteiger partial charge on any atom is 0.414 e. The number of rotatable bonds is 4. The van der Waals surface area contributed by atoms with Gasteiger partial charge < -0.3 is 20.5 Å². The van der Waals surface area contributed by atoms with Crippen molar-refractivity contribution in [1.82, 2.24) is 10.6 Å². The summed E-state index contributed by atoms with van der Waals surface area (Å²) >= 11 is 0. The molecule has 23 heavy (non-hydrogen) atoms. The summed E-state index contributed by atoms with van der Waals surface area (Å²) < 4.78 is 42.0. The van der Waals surface area contributed by atoms with Crippen molar-refractivity contribution in [3.8, 4) is 5.75 Å². The minimum Gasteiger partial charge on any atom is -0.490 e. The normalized spacial score (nSPS) is 18.1. The van der Waals surface area contributed by atoms with Crippen molar-refractivity contribution in [2.75, 3.05) is 13.2 Å². The van der Waals surface area contributed by atoms with Crippen LogP contribution < -0.4 is 15.4 Å². The highest BCUT2D eigenvalue weighted by atomic mass is 19.4. The zero-order valence-electron chi connectivity index (χ0n) is 12.8. The average molecular weight is 332 g/mol. The lowest BCUT2D eigenvalue weighted by Gasteiger charge is -2.16. The van der Waals surface area contributed by atoms with Gasteiger partial charge in [0.2, 0.25) is 0 Å². The van der Waals surface area contributed by atoms with Crippen LogP contribution in [-0.4, -0.2) is 36.6 Å². The van der Waals surface area contributed by atoms with E-state index in [4.69, 9.17) is 9.84 Å². The first kappa shape index (κ1) is 17.4. The average Bonchev–Trinajstić information content (AvgIpc) is 2.85. The van der Waals surface area contributed by atoms with Crippen LogP contribution in [0.25, 0.3) is 0 Å². The van der Waals surface area contributed by atoms with E-state index in [2.05, 4.69) is 10.6 Å². The molecule has 5 nitrogen and oxygen atoms in total. The van der Waals surface area contributed by atoms with Crippen molar-refractivity contribution in [2.24, 2.45) is 0 Å². The third kappa shape index (κ3) is 4.07. The Labute approximate surface area is 131 Å². The molecule has 1 aromatic rings. The number of aryl methyl sites for hydroxylation is 1. The fourth-order valence-electron chi connectivity index (χ4n) is 2.35. The van der Waals surface area contributed by atoms with Crippen molar-refractivity contribution in [1.29, 1.82) is 0 Å². The maximum atomic E-state index is 12.1. The van der Waals surface area contributed by atoms with Gasteiger partial charge in [-0.1, -0.05) is 12.1 Å². The van der Waals surface area contributed by atoms with Gasteiger partial charge in [0.25, 0.3) is 0 Å². The van der Waals surface area contributed by atoms with Crippen LogP contribution in [0.1, 0.15) is 29.2 Å². The second-order valence-electron chi connectivity index (χ2n) is 5.54. The zero-order valence-corrected chi connectivity index (χ0v) is 12.8. The van der Waals surface area contributed by atoms with Gasteiger partial charge in [-0.3, -0.25) is 0 Å². The smallest absolute Gasteiger partial charge is 0.414 e. The summed E-state index contributed by atoms with van der Waals surface area (Å²) in [4.78, 5) is 11.8. The van der Waals surface area contributed by atoms with Crippen molar-refractivity contribution < 1.29 is 27.8 Å². The maximum absolute atomic E-state index is 12.1. The number of amides is 2. The molecule has 0 unspecified atom stereocenters. The molecule has 2 atom stereocenters. The third-order valence-electron chi connectivity index (χ3n) is 3.86. The Bertz CT molecular complexity index is 590. The van der Waals surface area contributed by atoms with Gasteiger partial charge in [0, 0.05) is 12.1 Å². The van der Waals surface area contributed by atoms with Gasteiger partial charge in [-0.25, -0.2) is 4.79 Å². The fourth-order valence-corrected chi connectivity index (χ4v) is 2.35. The summed E-state index contributed by atoms with van der Waals surface area (Å²) in [7, 11) is 0. The van der Waals surface area contributed by atoms with E-state index in [-0.39, 0.29) is 19.2 Å². The monoisotopic (exact) mass is 332 g/mol. The number of carbonyl (C=O) groups excluding carboxylic acids is 1. The van der Waals surface area contributed by atoms with Crippen LogP contribution in [0.4, 0.5) is 18.0 Å². The molecular formula is C15H19F3N2O3. The number of urea groups is 1. The molecule has 0 saturated heterocycles. The SMILES string of the molecule is Cc1ccc2c(c1C)OC[C@H]2NC(=O)NCC[C@H](O)C(F)(F)F. The number of carbonyl (C=O) groups is 1. The van der Waals surface area contributed by atoms with Crippen LogP contribution in [0.5, 0.6) is 5.75 Å². The van der Waals surface area contributed by atoms with Gasteiger partial charge in [0.1, 0.15) is 12.4 Å². The molecule has 1 aliphatic rings. The van der Waals surface area contributed by atoms with Crippen LogP contribution in [0, 0.1) is 13.8 Å². The number of alkyl halides is 3. The van der Waals surface area contributed by atoms with E-state index >= 15 is 0 Å².